The highest BCUT2D eigenvalue weighted by Crippen LogP contribution is 2.34. The van der Waals surface area contributed by atoms with Crippen molar-refractivity contribution in [3.8, 4) is 5.75 Å². The number of fused-ring (bicyclic) bond motifs is 1. The van der Waals surface area contributed by atoms with E-state index < -0.39 is 28.2 Å². The molecule has 1 aliphatic rings. The molecule has 1 heterocycles. The number of benzene rings is 1. The van der Waals surface area contributed by atoms with Crippen molar-refractivity contribution in [3.63, 3.8) is 0 Å². The van der Waals surface area contributed by atoms with E-state index in [1.807, 2.05) is 19.1 Å². The highest BCUT2D eigenvalue weighted by atomic mass is 127. The number of sulfonamides is 1. The van der Waals surface area contributed by atoms with Crippen LogP contribution in [0.3, 0.4) is 0 Å². The molecule has 0 aromatic heterocycles. The predicted molar refractivity (Wildman–Crippen MR) is 130 cm³/mol. The van der Waals surface area contributed by atoms with Crippen LogP contribution in [-0.4, -0.2) is 32.3 Å². The summed E-state index contributed by atoms with van der Waals surface area (Å²) in [5.41, 5.74) is 2.19. The number of allylic oxidation sites excluding steroid dienone is 1. The molecule has 2 N–H and O–H groups in total. The predicted octanol–water partition coefficient (Wildman–Crippen LogP) is 4.21. The molecule has 9 heteroatoms. The van der Waals surface area contributed by atoms with Crippen LogP contribution in [-0.2, 0) is 26.0 Å². The van der Waals surface area contributed by atoms with Gasteiger partial charge in [0, 0.05) is 27.5 Å². The van der Waals surface area contributed by atoms with Gasteiger partial charge >= 0.3 is 0 Å². The molecule has 1 aromatic rings. The minimum atomic E-state index is -3.49. The topological polar surface area (TPSA) is 93.7 Å². The average molecular weight is 564 g/mol. The van der Waals surface area contributed by atoms with E-state index in [9.17, 15) is 13.2 Å². The zero-order valence-electron chi connectivity index (χ0n) is 18.7. The highest BCUT2D eigenvalue weighted by Gasteiger charge is 2.27. The van der Waals surface area contributed by atoms with Gasteiger partial charge in [-0.3, -0.25) is 4.79 Å². The summed E-state index contributed by atoms with van der Waals surface area (Å²) < 4.78 is 39.7. The van der Waals surface area contributed by atoms with E-state index in [0.29, 0.717) is 18.8 Å². The molecule has 1 amide bonds. The fraction of sp³-hybridized carbons (Fsp3) is 0.591. The minimum absolute atomic E-state index is 0.0783. The number of carbonyl (C=O) groups is 1. The third-order valence-electron chi connectivity index (χ3n) is 5.00. The molecule has 0 bridgehead atoms. The van der Waals surface area contributed by atoms with E-state index in [0.717, 1.165) is 46.1 Å². The number of amides is 1. The van der Waals surface area contributed by atoms with E-state index in [2.05, 4.69) is 45.6 Å². The van der Waals surface area contributed by atoms with Crippen LogP contribution in [0.5, 0.6) is 5.75 Å². The maximum absolute atomic E-state index is 12.8. The number of halogens is 1. The fourth-order valence-electron chi connectivity index (χ4n) is 3.29. The van der Waals surface area contributed by atoms with E-state index in [1.165, 1.54) is 6.92 Å². The van der Waals surface area contributed by atoms with E-state index in [-0.39, 0.29) is 5.75 Å². The zero-order chi connectivity index (χ0) is 23.0. The average Bonchev–Trinajstić information content (AvgIpc) is 2.72. The van der Waals surface area contributed by atoms with Crippen molar-refractivity contribution in [2.75, 3.05) is 5.75 Å². The molecule has 0 saturated carbocycles. The summed E-state index contributed by atoms with van der Waals surface area (Å²) in [5.74, 6) is 0.724. The van der Waals surface area contributed by atoms with Crippen LogP contribution in [0, 0.1) is 3.57 Å². The van der Waals surface area contributed by atoms with Crippen molar-refractivity contribution in [1.29, 1.82) is 0 Å². The first-order valence-corrected chi connectivity index (χ1v) is 13.6. The van der Waals surface area contributed by atoms with E-state index in [4.69, 9.17) is 9.47 Å². The number of nitrogens with one attached hydrogen (secondary N) is 2. The number of carbonyl (C=O) groups excluding carboxylic acids is 1. The zero-order valence-corrected chi connectivity index (χ0v) is 21.6. The first-order valence-electron chi connectivity index (χ1n) is 10.9. The Morgan fingerprint density at radius 1 is 1.23 bits per heavy atom. The lowest BCUT2D eigenvalue weighted by Crippen LogP contribution is -2.50. The van der Waals surface area contributed by atoms with Crippen molar-refractivity contribution in [1.82, 2.24) is 10.0 Å². The second-order valence-corrected chi connectivity index (χ2v) is 10.8. The third kappa shape index (κ3) is 7.64. The Kier molecular flexibility index (Phi) is 10.1. The number of hydrogen-bond donors (Lipinski definition) is 2. The molecule has 2 rings (SSSR count). The molecule has 0 fully saturated rings. The van der Waals surface area contributed by atoms with Crippen molar-refractivity contribution in [2.45, 2.75) is 78.5 Å². The van der Waals surface area contributed by atoms with Gasteiger partial charge in [0.05, 0.1) is 5.75 Å². The molecule has 0 radical (unpaired) electrons. The van der Waals surface area contributed by atoms with E-state index in [1.54, 1.807) is 6.92 Å². The molecule has 1 aliphatic heterocycles. The maximum atomic E-state index is 12.8. The number of ether oxygens (including phenoxy) is 2. The lowest BCUT2D eigenvalue weighted by atomic mass is 9.99. The number of hydrogen-bond acceptors (Lipinski definition) is 5. The van der Waals surface area contributed by atoms with Crippen LogP contribution < -0.4 is 14.8 Å². The van der Waals surface area contributed by atoms with Gasteiger partial charge in [0.15, 0.2) is 6.23 Å². The van der Waals surface area contributed by atoms with Gasteiger partial charge in [-0.15, -0.1) is 0 Å². The standard InChI is InChI=1S/C22H33IN2O5S/c1-5-9-15-13-16-14-17(23)11-12-19(16)29-22(15)30-20(10-6-2)24-21(26)18(7-3)25-31(27,28)8-4/h11-12,14,18,20,25H,5-10,13H2,1-4H3,(H,24,26). The van der Waals surface area contributed by atoms with Crippen LogP contribution in [0.25, 0.3) is 0 Å². The summed E-state index contributed by atoms with van der Waals surface area (Å²) in [6.07, 6.45) is 3.63. The summed E-state index contributed by atoms with van der Waals surface area (Å²) in [5, 5.41) is 2.86. The van der Waals surface area contributed by atoms with Gasteiger partial charge in [-0.2, -0.15) is 0 Å². The highest BCUT2D eigenvalue weighted by molar-refractivity contribution is 14.1. The molecule has 1 aromatic carbocycles. The second kappa shape index (κ2) is 12.1. The molecular weight excluding hydrogens is 531 g/mol. The van der Waals surface area contributed by atoms with Gasteiger partial charge in [-0.25, -0.2) is 13.1 Å². The second-order valence-electron chi connectivity index (χ2n) is 7.56. The number of rotatable bonds is 12. The van der Waals surface area contributed by atoms with Gasteiger partial charge in [0.2, 0.25) is 15.9 Å². The normalized spacial score (nSPS) is 15.6. The minimum Gasteiger partial charge on any atom is -0.441 e. The Morgan fingerprint density at radius 2 is 1.97 bits per heavy atom. The summed E-state index contributed by atoms with van der Waals surface area (Å²) in [6, 6.07) is 5.19. The van der Waals surface area contributed by atoms with Crippen molar-refractivity contribution >= 4 is 38.5 Å². The smallest absolute Gasteiger partial charge is 0.286 e. The molecule has 7 nitrogen and oxygen atoms in total. The van der Waals surface area contributed by atoms with Crippen molar-refractivity contribution in [3.05, 3.63) is 38.9 Å². The largest absolute Gasteiger partial charge is 0.441 e. The van der Waals surface area contributed by atoms with Gasteiger partial charge in [0.1, 0.15) is 11.8 Å². The van der Waals surface area contributed by atoms with Crippen LogP contribution in [0.1, 0.15) is 65.4 Å². The SMILES string of the molecule is CCCC1=C(OC(CCC)NC(=O)C(CC)NS(=O)(=O)CC)Oc2ccc(I)cc2C1. The Balaban J connectivity index is 2.18. The molecule has 0 saturated heterocycles. The quantitative estimate of drug-likeness (QED) is 0.293. The lowest BCUT2D eigenvalue weighted by molar-refractivity contribution is -0.127. The van der Waals surface area contributed by atoms with E-state index >= 15 is 0 Å². The summed E-state index contributed by atoms with van der Waals surface area (Å²) in [7, 11) is -3.49. The fourth-order valence-corrected chi connectivity index (χ4v) is 4.72. The van der Waals surface area contributed by atoms with Gasteiger partial charge in [-0.1, -0.05) is 33.6 Å². The van der Waals surface area contributed by atoms with Crippen LogP contribution in [0.15, 0.2) is 29.7 Å². The molecule has 0 spiro atoms. The molecule has 2 atom stereocenters. The molecule has 31 heavy (non-hydrogen) atoms. The molecule has 174 valence electrons. The molecule has 0 aliphatic carbocycles. The monoisotopic (exact) mass is 564 g/mol. The third-order valence-corrected chi connectivity index (χ3v) is 7.07. The lowest BCUT2D eigenvalue weighted by Gasteiger charge is -2.28. The summed E-state index contributed by atoms with van der Waals surface area (Å²) >= 11 is 2.29. The van der Waals surface area contributed by atoms with Crippen LogP contribution in [0.2, 0.25) is 0 Å². The van der Waals surface area contributed by atoms with Gasteiger partial charge in [0.25, 0.3) is 5.95 Å². The van der Waals surface area contributed by atoms with Gasteiger partial charge < -0.3 is 14.8 Å². The molecule has 2 unspecified atom stereocenters. The van der Waals surface area contributed by atoms with Crippen LogP contribution in [0.4, 0.5) is 0 Å². The summed E-state index contributed by atoms with van der Waals surface area (Å²) in [4.78, 5) is 12.8. The van der Waals surface area contributed by atoms with Crippen LogP contribution >= 0.6 is 22.6 Å². The van der Waals surface area contributed by atoms with Crippen molar-refractivity contribution < 1.29 is 22.7 Å². The first kappa shape index (κ1) is 25.9. The summed E-state index contributed by atoms with van der Waals surface area (Å²) in [6.45, 7) is 7.41. The first-order chi connectivity index (χ1) is 14.7. The Labute approximate surface area is 199 Å². The van der Waals surface area contributed by atoms with Crippen molar-refractivity contribution in [2.24, 2.45) is 0 Å². The maximum Gasteiger partial charge on any atom is 0.286 e. The molecular formula is C22H33IN2O5S. The Morgan fingerprint density at radius 3 is 2.58 bits per heavy atom. The Hall–Kier alpha value is -1.33. The van der Waals surface area contributed by atoms with Gasteiger partial charge in [-0.05, 0) is 60.6 Å². The Bertz CT molecular complexity index is 901.